The third kappa shape index (κ3) is 4.46. The number of para-hydroxylation sites is 4. The zero-order valence-corrected chi connectivity index (χ0v) is 27.8. The predicted molar refractivity (Wildman–Crippen MR) is 212 cm³/mol. The minimum absolute atomic E-state index is 0.566. The summed E-state index contributed by atoms with van der Waals surface area (Å²) < 4.78 is 19.5. The fourth-order valence-corrected chi connectivity index (χ4v) is 7.64. The predicted octanol–water partition coefficient (Wildman–Crippen LogP) is 13.6. The zero-order chi connectivity index (χ0) is 34.2. The van der Waals surface area contributed by atoms with Crippen molar-refractivity contribution in [1.82, 2.24) is 4.98 Å². The van der Waals surface area contributed by atoms with Gasteiger partial charge in [-0.3, -0.25) is 0 Å². The Bertz CT molecular complexity index is 3120. The molecular formula is C47H28N2O3. The standard InChI is InChI=1S/C47H28N2O3/c1-2-10-29(11-3-1)31-21-20-30-22-23-33(27-32(30)26-31)49(34-24-25-36-35-12-4-6-17-41(35)50-44(36)28-34)40-16-8-13-37-45-38(14-9-19-43(45)51-46(37)40)47-48-39-15-5-7-18-42(39)52-47/h1-28H. The van der Waals surface area contributed by atoms with E-state index in [9.17, 15) is 0 Å². The summed E-state index contributed by atoms with van der Waals surface area (Å²) in [4.78, 5) is 7.12. The van der Waals surface area contributed by atoms with Crippen LogP contribution in [0.1, 0.15) is 0 Å². The van der Waals surface area contributed by atoms with Gasteiger partial charge in [-0.15, -0.1) is 0 Å². The molecule has 3 aromatic heterocycles. The van der Waals surface area contributed by atoms with Crippen molar-refractivity contribution >= 4 is 82.8 Å². The van der Waals surface area contributed by atoms with E-state index in [0.29, 0.717) is 5.89 Å². The molecular weight excluding hydrogens is 641 g/mol. The minimum atomic E-state index is 0.566. The lowest BCUT2D eigenvalue weighted by molar-refractivity contribution is 0.620. The van der Waals surface area contributed by atoms with Crippen molar-refractivity contribution in [3.05, 3.63) is 170 Å². The zero-order valence-electron chi connectivity index (χ0n) is 27.8. The van der Waals surface area contributed by atoms with E-state index in [0.717, 1.165) is 83.0 Å². The van der Waals surface area contributed by atoms with E-state index in [-0.39, 0.29) is 0 Å². The summed E-state index contributed by atoms with van der Waals surface area (Å²) in [6.45, 7) is 0. The van der Waals surface area contributed by atoms with Crippen LogP contribution in [0.3, 0.4) is 0 Å². The van der Waals surface area contributed by atoms with Crippen LogP contribution < -0.4 is 4.90 Å². The third-order valence-corrected chi connectivity index (χ3v) is 10.1. The number of nitrogens with zero attached hydrogens (tertiary/aromatic N) is 2. The number of anilines is 3. The van der Waals surface area contributed by atoms with Crippen LogP contribution in [0.2, 0.25) is 0 Å². The summed E-state index contributed by atoms with van der Waals surface area (Å²) in [6, 6.07) is 58.7. The lowest BCUT2D eigenvalue weighted by Crippen LogP contribution is -2.10. The maximum atomic E-state index is 6.81. The summed E-state index contributed by atoms with van der Waals surface area (Å²) in [5.41, 5.74) is 10.9. The number of oxazole rings is 1. The smallest absolute Gasteiger partial charge is 0.228 e. The molecule has 0 saturated carbocycles. The third-order valence-electron chi connectivity index (χ3n) is 10.1. The number of hydrogen-bond donors (Lipinski definition) is 0. The van der Waals surface area contributed by atoms with Crippen LogP contribution >= 0.6 is 0 Å². The topological polar surface area (TPSA) is 55.6 Å². The Labute approximate surface area is 297 Å². The normalized spacial score (nSPS) is 11.8. The first-order valence-corrected chi connectivity index (χ1v) is 17.4. The van der Waals surface area contributed by atoms with Crippen molar-refractivity contribution < 1.29 is 13.3 Å². The van der Waals surface area contributed by atoms with Gasteiger partial charge in [-0.1, -0.05) is 97.1 Å². The van der Waals surface area contributed by atoms with Gasteiger partial charge in [0.2, 0.25) is 5.89 Å². The second-order valence-corrected chi connectivity index (χ2v) is 13.1. The van der Waals surface area contributed by atoms with Crippen LogP contribution in [0.4, 0.5) is 17.1 Å². The van der Waals surface area contributed by atoms with Crippen molar-refractivity contribution in [2.45, 2.75) is 0 Å². The molecule has 8 aromatic carbocycles. The molecule has 0 radical (unpaired) electrons. The monoisotopic (exact) mass is 668 g/mol. The van der Waals surface area contributed by atoms with Crippen molar-refractivity contribution in [3.8, 4) is 22.6 Å². The highest BCUT2D eigenvalue weighted by molar-refractivity contribution is 6.16. The molecule has 0 aliphatic carbocycles. The average molecular weight is 669 g/mol. The largest absolute Gasteiger partial charge is 0.456 e. The SMILES string of the molecule is c1ccc(-c2ccc3ccc(N(c4ccc5c(c4)oc4ccccc45)c4cccc5c4oc4cccc(-c6nc7ccccc7o6)c45)cc3c2)cc1. The van der Waals surface area contributed by atoms with Crippen molar-refractivity contribution in [1.29, 1.82) is 0 Å². The Balaban J connectivity index is 1.15. The second kappa shape index (κ2) is 11.2. The highest BCUT2D eigenvalue weighted by Crippen LogP contribution is 2.46. The molecule has 0 aliphatic heterocycles. The quantitative estimate of drug-likeness (QED) is 0.183. The maximum absolute atomic E-state index is 6.81. The Kier molecular flexibility index (Phi) is 6.18. The summed E-state index contributed by atoms with van der Waals surface area (Å²) >= 11 is 0. The van der Waals surface area contributed by atoms with Gasteiger partial charge < -0.3 is 18.2 Å². The molecule has 11 rings (SSSR count). The van der Waals surface area contributed by atoms with Crippen LogP contribution in [0.25, 0.3) is 88.3 Å². The molecule has 0 atom stereocenters. The van der Waals surface area contributed by atoms with Crippen molar-refractivity contribution in [2.75, 3.05) is 4.90 Å². The summed E-state index contributed by atoms with van der Waals surface area (Å²) in [6.07, 6.45) is 0. The summed E-state index contributed by atoms with van der Waals surface area (Å²) in [5.74, 6) is 0.566. The van der Waals surface area contributed by atoms with Crippen molar-refractivity contribution in [2.24, 2.45) is 0 Å². The lowest BCUT2D eigenvalue weighted by atomic mass is 10.0. The molecule has 0 aliphatic rings. The first kappa shape index (κ1) is 28.7. The first-order valence-electron chi connectivity index (χ1n) is 17.4. The molecule has 0 spiro atoms. The van der Waals surface area contributed by atoms with Crippen LogP contribution in [0.5, 0.6) is 0 Å². The molecule has 0 saturated heterocycles. The van der Waals surface area contributed by atoms with Crippen LogP contribution in [0.15, 0.2) is 183 Å². The Morgan fingerprint density at radius 2 is 1.15 bits per heavy atom. The van der Waals surface area contributed by atoms with Gasteiger partial charge in [-0.05, 0) is 88.6 Å². The van der Waals surface area contributed by atoms with Gasteiger partial charge in [0.05, 0.1) is 11.4 Å². The molecule has 0 fully saturated rings. The Morgan fingerprint density at radius 1 is 0.423 bits per heavy atom. The van der Waals surface area contributed by atoms with Gasteiger partial charge in [-0.25, -0.2) is 4.98 Å². The number of fused-ring (bicyclic) bond motifs is 8. The van der Waals surface area contributed by atoms with Gasteiger partial charge in [-0.2, -0.15) is 0 Å². The van der Waals surface area contributed by atoms with Crippen LogP contribution in [-0.2, 0) is 0 Å². The molecule has 0 bridgehead atoms. The minimum Gasteiger partial charge on any atom is -0.456 e. The molecule has 52 heavy (non-hydrogen) atoms. The van der Waals surface area contributed by atoms with E-state index in [1.165, 1.54) is 16.5 Å². The van der Waals surface area contributed by atoms with Gasteiger partial charge in [0.25, 0.3) is 0 Å². The maximum Gasteiger partial charge on any atom is 0.228 e. The van der Waals surface area contributed by atoms with E-state index in [4.69, 9.17) is 18.2 Å². The highest BCUT2D eigenvalue weighted by atomic mass is 16.4. The fraction of sp³-hybridized carbons (Fsp3) is 0. The number of hydrogen-bond acceptors (Lipinski definition) is 5. The number of benzene rings is 8. The molecule has 11 aromatic rings. The van der Waals surface area contributed by atoms with E-state index in [1.54, 1.807) is 0 Å². The summed E-state index contributed by atoms with van der Waals surface area (Å²) in [7, 11) is 0. The Morgan fingerprint density at radius 3 is 2.08 bits per heavy atom. The van der Waals surface area contributed by atoms with Gasteiger partial charge in [0.15, 0.2) is 11.2 Å². The molecule has 3 heterocycles. The molecule has 5 heteroatoms. The van der Waals surface area contributed by atoms with E-state index in [2.05, 4.69) is 114 Å². The van der Waals surface area contributed by atoms with Gasteiger partial charge in [0.1, 0.15) is 22.3 Å². The second-order valence-electron chi connectivity index (χ2n) is 13.1. The Hall–Kier alpha value is -7.11. The number of rotatable bonds is 5. The lowest BCUT2D eigenvalue weighted by Gasteiger charge is -2.26. The van der Waals surface area contributed by atoms with E-state index >= 15 is 0 Å². The number of aromatic nitrogens is 1. The van der Waals surface area contributed by atoms with Gasteiger partial charge >= 0.3 is 0 Å². The van der Waals surface area contributed by atoms with Gasteiger partial charge in [0, 0.05) is 38.9 Å². The molecule has 0 unspecified atom stereocenters. The fourth-order valence-electron chi connectivity index (χ4n) is 7.64. The molecule has 244 valence electrons. The van der Waals surface area contributed by atoms with E-state index in [1.807, 2.05) is 60.7 Å². The first-order chi connectivity index (χ1) is 25.7. The van der Waals surface area contributed by atoms with Crippen molar-refractivity contribution in [3.63, 3.8) is 0 Å². The van der Waals surface area contributed by atoms with Crippen LogP contribution in [-0.4, -0.2) is 4.98 Å². The average Bonchev–Trinajstić information content (AvgIpc) is 3.92. The highest BCUT2D eigenvalue weighted by Gasteiger charge is 2.23. The summed E-state index contributed by atoms with van der Waals surface area (Å²) in [5, 5.41) is 6.43. The molecule has 5 nitrogen and oxygen atoms in total. The number of furan rings is 2. The molecule has 0 amide bonds. The molecule has 0 N–H and O–H groups in total. The van der Waals surface area contributed by atoms with Crippen LogP contribution in [0, 0.1) is 0 Å². The van der Waals surface area contributed by atoms with E-state index < -0.39 is 0 Å².